The number of rotatable bonds is 4. The number of aryl methyl sites for hydroxylation is 2. The topological polar surface area (TPSA) is 62.4 Å². The minimum Gasteiger partial charge on any atom is -0.481 e. The van der Waals surface area contributed by atoms with Gasteiger partial charge in [-0.05, 0) is 63.2 Å². The van der Waals surface area contributed by atoms with Gasteiger partial charge in [-0.3, -0.25) is 15.6 Å². The molecule has 0 aliphatic carbocycles. The summed E-state index contributed by atoms with van der Waals surface area (Å²) in [7, 11) is 0. The van der Waals surface area contributed by atoms with Gasteiger partial charge < -0.3 is 10.1 Å². The van der Waals surface area contributed by atoms with Gasteiger partial charge in [0, 0.05) is 11.6 Å². The fourth-order valence-corrected chi connectivity index (χ4v) is 1.96. The first kappa shape index (κ1) is 17.5. The summed E-state index contributed by atoms with van der Waals surface area (Å²) in [5.74, 6) is 0.284. The first-order valence-electron chi connectivity index (χ1n) is 6.62. The maximum atomic E-state index is 11.9. The molecule has 0 heterocycles. The van der Waals surface area contributed by atoms with Gasteiger partial charge in [0.2, 0.25) is 0 Å². The lowest BCUT2D eigenvalue weighted by molar-refractivity contribution is -0.127. The largest absolute Gasteiger partial charge is 0.481 e. The molecule has 0 aromatic heterocycles. The van der Waals surface area contributed by atoms with Crippen molar-refractivity contribution in [3.8, 4) is 5.75 Å². The highest BCUT2D eigenvalue weighted by Crippen LogP contribution is 2.26. The molecule has 1 atom stereocenters. The first-order chi connectivity index (χ1) is 9.85. The molecule has 21 heavy (non-hydrogen) atoms. The van der Waals surface area contributed by atoms with Crippen LogP contribution in [-0.2, 0) is 4.79 Å². The summed E-state index contributed by atoms with van der Waals surface area (Å²) >= 11 is 11.0. The van der Waals surface area contributed by atoms with E-state index in [4.69, 9.17) is 28.6 Å². The number of benzene rings is 1. The average molecular weight is 330 g/mol. The molecule has 0 saturated carbocycles. The number of thiocarbonyl (C=S) groups is 1. The van der Waals surface area contributed by atoms with Crippen LogP contribution in [0.1, 0.15) is 25.0 Å². The second-order valence-corrected chi connectivity index (χ2v) is 5.39. The van der Waals surface area contributed by atoms with E-state index in [9.17, 15) is 4.79 Å². The first-order valence-corrected chi connectivity index (χ1v) is 7.40. The smallest absolute Gasteiger partial charge is 0.279 e. The van der Waals surface area contributed by atoms with Gasteiger partial charge in [0.25, 0.3) is 5.91 Å². The highest BCUT2D eigenvalue weighted by molar-refractivity contribution is 7.80. The summed E-state index contributed by atoms with van der Waals surface area (Å²) in [6.07, 6.45) is -0.665. The summed E-state index contributed by atoms with van der Waals surface area (Å²) in [5, 5.41) is 3.92. The zero-order valence-corrected chi connectivity index (χ0v) is 14.1. The van der Waals surface area contributed by atoms with Crippen LogP contribution in [0, 0.1) is 13.8 Å². The molecular formula is C14H20ClN3O2S. The Morgan fingerprint density at radius 1 is 1.33 bits per heavy atom. The van der Waals surface area contributed by atoms with E-state index in [0.29, 0.717) is 22.4 Å². The van der Waals surface area contributed by atoms with Crippen molar-refractivity contribution in [1.82, 2.24) is 16.2 Å². The normalized spacial score (nSPS) is 11.5. The van der Waals surface area contributed by atoms with Gasteiger partial charge in [-0.1, -0.05) is 11.6 Å². The van der Waals surface area contributed by atoms with Crippen molar-refractivity contribution in [2.75, 3.05) is 6.54 Å². The molecule has 1 rings (SSSR count). The summed E-state index contributed by atoms with van der Waals surface area (Å²) in [5.41, 5.74) is 6.90. The molecule has 0 fully saturated rings. The van der Waals surface area contributed by atoms with Gasteiger partial charge in [-0.2, -0.15) is 0 Å². The highest BCUT2D eigenvalue weighted by Gasteiger charge is 2.15. The fraction of sp³-hybridized carbons (Fsp3) is 0.429. The molecule has 116 valence electrons. The van der Waals surface area contributed by atoms with Crippen LogP contribution >= 0.6 is 23.8 Å². The number of hydrogen-bond acceptors (Lipinski definition) is 3. The summed E-state index contributed by atoms with van der Waals surface area (Å²) in [6.45, 7) is 8.03. The monoisotopic (exact) mass is 329 g/mol. The summed E-state index contributed by atoms with van der Waals surface area (Å²) in [6, 6.07) is 3.60. The summed E-state index contributed by atoms with van der Waals surface area (Å²) < 4.78 is 5.61. The van der Waals surface area contributed by atoms with E-state index in [2.05, 4.69) is 16.2 Å². The standard InChI is InChI=1S/C14H20ClN3O2S/c1-5-16-14(21)18-17-13(19)10(4)20-11-6-8(2)12(15)9(3)7-11/h6-7,10H,5H2,1-4H3,(H,17,19)(H2,16,18,21). The maximum Gasteiger partial charge on any atom is 0.279 e. The van der Waals surface area contributed by atoms with Crippen LogP contribution in [0.5, 0.6) is 5.75 Å². The number of carbonyl (C=O) groups is 1. The maximum absolute atomic E-state index is 11.9. The molecule has 1 amide bonds. The van der Waals surface area contributed by atoms with Crippen LogP contribution < -0.4 is 20.9 Å². The van der Waals surface area contributed by atoms with E-state index in [1.54, 1.807) is 19.1 Å². The third kappa shape index (κ3) is 5.40. The third-order valence-electron chi connectivity index (χ3n) is 2.73. The molecule has 0 saturated heterocycles. The molecule has 5 nitrogen and oxygen atoms in total. The number of hydrazine groups is 1. The van der Waals surface area contributed by atoms with Gasteiger partial charge in [0.1, 0.15) is 5.75 Å². The second-order valence-electron chi connectivity index (χ2n) is 4.60. The van der Waals surface area contributed by atoms with Gasteiger partial charge in [0.15, 0.2) is 11.2 Å². The Morgan fingerprint density at radius 2 is 1.90 bits per heavy atom. The highest BCUT2D eigenvalue weighted by atomic mass is 35.5. The van der Waals surface area contributed by atoms with Crippen molar-refractivity contribution >= 4 is 34.8 Å². The molecule has 1 aromatic carbocycles. The van der Waals surface area contributed by atoms with E-state index >= 15 is 0 Å². The lowest BCUT2D eigenvalue weighted by atomic mass is 10.1. The quantitative estimate of drug-likeness (QED) is 0.584. The third-order valence-corrected chi connectivity index (χ3v) is 3.57. The van der Waals surface area contributed by atoms with Crippen LogP contribution in [0.15, 0.2) is 12.1 Å². The Balaban J connectivity index is 2.58. The number of amides is 1. The van der Waals surface area contributed by atoms with Crippen LogP contribution in [0.4, 0.5) is 0 Å². The van der Waals surface area contributed by atoms with Gasteiger partial charge >= 0.3 is 0 Å². The van der Waals surface area contributed by atoms with Gasteiger partial charge in [-0.15, -0.1) is 0 Å². The lowest BCUT2D eigenvalue weighted by Gasteiger charge is -2.17. The Labute approximate surface area is 135 Å². The Hall–Kier alpha value is -1.53. The number of nitrogens with one attached hydrogen (secondary N) is 3. The minimum atomic E-state index is -0.665. The zero-order valence-electron chi connectivity index (χ0n) is 12.5. The van der Waals surface area contributed by atoms with Crippen molar-refractivity contribution < 1.29 is 9.53 Å². The van der Waals surface area contributed by atoms with Gasteiger partial charge in [-0.25, -0.2) is 0 Å². The predicted octanol–water partition coefficient (Wildman–Crippen LogP) is 2.24. The molecule has 1 aromatic rings. The molecule has 3 N–H and O–H groups in total. The molecule has 1 unspecified atom stereocenters. The predicted molar refractivity (Wildman–Crippen MR) is 88.6 cm³/mol. The van der Waals surface area contributed by atoms with Gasteiger partial charge in [0.05, 0.1) is 0 Å². The zero-order chi connectivity index (χ0) is 16.0. The van der Waals surface area contributed by atoms with Crippen LogP contribution in [0.3, 0.4) is 0 Å². The summed E-state index contributed by atoms with van der Waals surface area (Å²) in [4.78, 5) is 11.9. The van der Waals surface area contributed by atoms with Crippen molar-refractivity contribution in [2.45, 2.75) is 33.8 Å². The van der Waals surface area contributed by atoms with Crippen LogP contribution in [0.2, 0.25) is 5.02 Å². The minimum absolute atomic E-state index is 0.319. The van der Waals surface area contributed by atoms with E-state index in [-0.39, 0.29) is 5.91 Å². The van der Waals surface area contributed by atoms with Crippen molar-refractivity contribution in [3.05, 3.63) is 28.3 Å². The average Bonchev–Trinajstić information content (AvgIpc) is 2.42. The molecule has 7 heteroatoms. The van der Waals surface area contributed by atoms with Crippen LogP contribution in [-0.4, -0.2) is 23.7 Å². The molecular weight excluding hydrogens is 310 g/mol. The van der Waals surface area contributed by atoms with Crippen LogP contribution in [0.25, 0.3) is 0 Å². The second kappa shape index (κ2) is 8.05. The number of halogens is 1. The lowest BCUT2D eigenvalue weighted by Crippen LogP contribution is -2.50. The van der Waals surface area contributed by atoms with Crippen molar-refractivity contribution in [3.63, 3.8) is 0 Å². The van der Waals surface area contributed by atoms with Crippen molar-refractivity contribution in [2.24, 2.45) is 0 Å². The number of ether oxygens (including phenoxy) is 1. The SMILES string of the molecule is CCNC(=S)NNC(=O)C(C)Oc1cc(C)c(Cl)c(C)c1. The molecule has 0 bridgehead atoms. The molecule has 0 radical (unpaired) electrons. The number of carbonyl (C=O) groups excluding carboxylic acids is 1. The molecule has 0 aliphatic heterocycles. The van der Waals surface area contributed by atoms with E-state index in [1.807, 2.05) is 20.8 Å². The molecule has 0 spiro atoms. The fourth-order valence-electron chi connectivity index (χ4n) is 1.66. The van der Waals surface area contributed by atoms with E-state index in [1.165, 1.54) is 0 Å². The van der Waals surface area contributed by atoms with Crippen molar-refractivity contribution in [1.29, 1.82) is 0 Å². The van der Waals surface area contributed by atoms with E-state index < -0.39 is 6.10 Å². The molecule has 0 aliphatic rings. The Bertz CT molecular complexity index is 514. The van der Waals surface area contributed by atoms with E-state index in [0.717, 1.165) is 11.1 Å². The Kier molecular flexibility index (Phi) is 6.71. The number of hydrogen-bond donors (Lipinski definition) is 3. The Morgan fingerprint density at radius 3 is 2.43 bits per heavy atom.